The van der Waals surface area contributed by atoms with E-state index in [0.717, 1.165) is 9.75 Å². The van der Waals surface area contributed by atoms with Gasteiger partial charge in [-0.15, -0.1) is 11.3 Å². The first-order valence-electron chi connectivity index (χ1n) is 5.90. The molecule has 0 aliphatic heterocycles. The highest BCUT2D eigenvalue weighted by Gasteiger charge is 2.16. The molecule has 0 saturated heterocycles. The summed E-state index contributed by atoms with van der Waals surface area (Å²) in [6.45, 7) is 3.98. The number of nitrogen functional groups attached to an aromatic ring is 1. The van der Waals surface area contributed by atoms with Crippen molar-refractivity contribution in [3.63, 3.8) is 0 Å². The van der Waals surface area contributed by atoms with Crippen LogP contribution in [0.3, 0.4) is 0 Å². The summed E-state index contributed by atoms with van der Waals surface area (Å²) in [5.41, 5.74) is 6.80. The van der Waals surface area contributed by atoms with Crippen LogP contribution >= 0.6 is 22.9 Å². The van der Waals surface area contributed by atoms with Crippen molar-refractivity contribution in [2.45, 2.75) is 25.3 Å². The van der Waals surface area contributed by atoms with Gasteiger partial charge in [0.05, 0.1) is 4.90 Å². The second-order valence-electron chi connectivity index (χ2n) is 4.46. The van der Waals surface area contributed by atoms with E-state index in [1.165, 1.54) is 12.1 Å². The van der Waals surface area contributed by atoms with Crippen LogP contribution in [0.1, 0.15) is 15.3 Å². The van der Waals surface area contributed by atoms with Gasteiger partial charge >= 0.3 is 0 Å². The second kappa shape index (κ2) is 5.73. The molecule has 4 nitrogen and oxygen atoms in total. The molecule has 0 atom stereocenters. The summed E-state index contributed by atoms with van der Waals surface area (Å²) in [4.78, 5) is 2.18. The molecule has 0 saturated carbocycles. The van der Waals surface area contributed by atoms with Crippen molar-refractivity contribution in [3.05, 3.63) is 44.6 Å². The third-order valence-corrected chi connectivity index (χ3v) is 5.67. The van der Waals surface area contributed by atoms with Crippen LogP contribution in [0, 0.1) is 13.8 Å². The molecule has 0 aliphatic rings. The quantitative estimate of drug-likeness (QED) is 0.846. The minimum atomic E-state index is -3.62. The summed E-state index contributed by atoms with van der Waals surface area (Å²) >= 11 is 7.53. The molecule has 0 radical (unpaired) electrons. The van der Waals surface area contributed by atoms with Gasteiger partial charge in [-0.2, -0.15) is 0 Å². The van der Waals surface area contributed by atoms with Crippen LogP contribution in [0.5, 0.6) is 0 Å². The number of hydrogen-bond acceptors (Lipinski definition) is 4. The maximum Gasteiger partial charge on any atom is 0.241 e. The van der Waals surface area contributed by atoms with Gasteiger partial charge in [0.2, 0.25) is 10.0 Å². The summed E-state index contributed by atoms with van der Waals surface area (Å²) < 4.78 is 27.0. The third kappa shape index (κ3) is 3.32. The Morgan fingerprint density at radius 2 is 2.00 bits per heavy atom. The lowest BCUT2D eigenvalue weighted by molar-refractivity contribution is 0.582. The average Bonchev–Trinajstić information content (AvgIpc) is 2.79. The molecule has 3 N–H and O–H groups in total. The molecule has 1 aromatic heterocycles. The van der Waals surface area contributed by atoms with E-state index < -0.39 is 10.0 Å². The maximum absolute atomic E-state index is 12.2. The number of halogens is 1. The summed E-state index contributed by atoms with van der Waals surface area (Å²) in [5, 5.41) is 0.345. The van der Waals surface area contributed by atoms with E-state index in [1.54, 1.807) is 18.3 Å². The minimum Gasteiger partial charge on any atom is -0.398 e. The van der Waals surface area contributed by atoms with E-state index in [4.69, 9.17) is 17.3 Å². The van der Waals surface area contributed by atoms with Crippen LogP contribution in [0.25, 0.3) is 0 Å². The van der Waals surface area contributed by atoms with E-state index in [2.05, 4.69) is 4.72 Å². The number of rotatable bonds is 4. The van der Waals surface area contributed by atoms with Crippen molar-refractivity contribution in [1.82, 2.24) is 4.72 Å². The lowest BCUT2D eigenvalue weighted by Crippen LogP contribution is -2.23. The molecule has 2 aromatic rings. The van der Waals surface area contributed by atoms with E-state index in [0.29, 0.717) is 16.3 Å². The molecule has 0 amide bonds. The van der Waals surface area contributed by atoms with Crippen molar-refractivity contribution in [3.8, 4) is 0 Å². The second-order valence-corrected chi connectivity index (χ2v) is 8.00. The smallest absolute Gasteiger partial charge is 0.241 e. The van der Waals surface area contributed by atoms with Crippen LogP contribution in [0.15, 0.2) is 29.2 Å². The van der Waals surface area contributed by atoms with Gasteiger partial charge in [0.15, 0.2) is 0 Å². The van der Waals surface area contributed by atoms with Gasteiger partial charge in [0.1, 0.15) is 0 Å². The molecule has 1 heterocycles. The van der Waals surface area contributed by atoms with Gasteiger partial charge in [-0.1, -0.05) is 11.6 Å². The lowest BCUT2D eigenvalue weighted by Gasteiger charge is -2.09. The molecule has 20 heavy (non-hydrogen) atoms. The molecule has 0 fully saturated rings. The largest absolute Gasteiger partial charge is 0.398 e. The van der Waals surface area contributed by atoms with Gasteiger partial charge in [0.25, 0.3) is 0 Å². The van der Waals surface area contributed by atoms with Gasteiger partial charge in [0, 0.05) is 27.0 Å². The molecule has 0 bridgehead atoms. The number of benzene rings is 1. The highest BCUT2D eigenvalue weighted by atomic mass is 35.5. The predicted molar refractivity (Wildman–Crippen MR) is 83.7 cm³/mol. The number of sulfonamides is 1. The SMILES string of the molecule is Cc1ccc(CNS(=O)(=O)c2cc(N)c(C)c(Cl)c2)s1. The van der Waals surface area contributed by atoms with Crippen molar-refractivity contribution in [2.75, 3.05) is 5.73 Å². The zero-order chi connectivity index (χ0) is 14.9. The van der Waals surface area contributed by atoms with Crippen molar-refractivity contribution < 1.29 is 8.42 Å². The summed E-state index contributed by atoms with van der Waals surface area (Å²) in [6.07, 6.45) is 0. The number of aryl methyl sites for hydroxylation is 1. The standard InChI is InChI=1S/C13H15ClN2O2S2/c1-8-3-4-10(19-8)7-16-20(17,18)11-5-12(14)9(2)13(15)6-11/h3-6,16H,7,15H2,1-2H3. The highest BCUT2D eigenvalue weighted by Crippen LogP contribution is 2.26. The molecular formula is C13H15ClN2O2S2. The van der Waals surface area contributed by atoms with E-state index in [9.17, 15) is 8.42 Å². The van der Waals surface area contributed by atoms with Crippen LogP contribution in [-0.4, -0.2) is 8.42 Å². The Morgan fingerprint density at radius 3 is 2.55 bits per heavy atom. The minimum absolute atomic E-state index is 0.0823. The van der Waals surface area contributed by atoms with Crippen LogP contribution < -0.4 is 10.5 Å². The number of nitrogens with one attached hydrogen (secondary N) is 1. The normalized spacial score (nSPS) is 11.8. The first-order valence-corrected chi connectivity index (χ1v) is 8.58. The summed E-state index contributed by atoms with van der Waals surface area (Å²) in [5.74, 6) is 0. The molecule has 0 aliphatic carbocycles. The molecule has 0 spiro atoms. The zero-order valence-corrected chi connectivity index (χ0v) is 13.5. The Hall–Kier alpha value is -1.08. The Balaban J connectivity index is 2.22. The monoisotopic (exact) mass is 330 g/mol. The first kappa shape index (κ1) is 15.3. The van der Waals surface area contributed by atoms with E-state index in [-0.39, 0.29) is 11.4 Å². The fourth-order valence-corrected chi connectivity index (χ4v) is 3.94. The maximum atomic E-state index is 12.2. The Labute approximate surface area is 127 Å². The Morgan fingerprint density at radius 1 is 1.30 bits per heavy atom. The molecule has 108 valence electrons. The summed E-state index contributed by atoms with van der Waals surface area (Å²) in [7, 11) is -3.62. The topological polar surface area (TPSA) is 72.2 Å². The first-order chi connectivity index (χ1) is 9.29. The number of thiophene rings is 1. The van der Waals surface area contributed by atoms with Crippen LogP contribution in [0.2, 0.25) is 5.02 Å². The molecular weight excluding hydrogens is 316 g/mol. The Bertz CT molecular complexity index is 716. The van der Waals surface area contributed by atoms with Crippen molar-refractivity contribution in [2.24, 2.45) is 0 Å². The van der Waals surface area contributed by atoms with E-state index >= 15 is 0 Å². The highest BCUT2D eigenvalue weighted by molar-refractivity contribution is 7.89. The Kier molecular flexibility index (Phi) is 4.39. The lowest BCUT2D eigenvalue weighted by atomic mass is 10.2. The fraction of sp³-hybridized carbons (Fsp3) is 0.231. The van der Waals surface area contributed by atoms with Gasteiger partial charge in [-0.25, -0.2) is 13.1 Å². The molecule has 0 unspecified atom stereocenters. The van der Waals surface area contributed by atoms with Crippen LogP contribution in [0.4, 0.5) is 5.69 Å². The summed E-state index contributed by atoms with van der Waals surface area (Å²) in [6, 6.07) is 6.69. The molecule has 2 rings (SSSR count). The van der Waals surface area contributed by atoms with Gasteiger partial charge < -0.3 is 5.73 Å². The van der Waals surface area contributed by atoms with Gasteiger partial charge in [-0.3, -0.25) is 0 Å². The number of hydrogen-bond donors (Lipinski definition) is 2. The van der Waals surface area contributed by atoms with Crippen molar-refractivity contribution in [1.29, 1.82) is 0 Å². The average molecular weight is 331 g/mol. The molecule has 7 heteroatoms. The zero-order valence-electron chi connectivity index (χ0n) is 11.1. The van der Waals surface area contributed by atoms with Gasteiger partial charge in [-0.05, 0) is 43.7 Å². The van der Waals surface area contributed by atoms with E-state index in [1.807, 2.05) is 19.1 Å². The predicted octanol–water partition coefficient (Wildman–Crippen LogP) is 3.08. The fourth-order valence-electron chi connectivity index (χ4n) is 1.66. The molecule has 1 aromatic carbocycles. The van der Waals surface area contributed by atoms with Crippen LogP contribution in [-0.2, 0) is 16.6 Å². The number of anilines is 1. The van der Waals surface area contributed by atoms with Crippen molar-refractivity contribution >= 4 is 38.6 Å². The number of nitrogens with two attached hydrogens (primary N) is 1. The third-order valence-electron chi connectivity index (χ3n) is 2.90.